The van der Waals surface area contributed by atoms with Crippen LogP contribution in [0.15, 0.2) is 18.2 Å². The van der Waals surface area contributed by atoms with Crippen molar-refractivity contribution in [3.05, 3.63) is 34.6 Å². The minimum Gasteiger partial charge on any atom is -0.300 e. The lowest BCUT2D eigenvalue weighted by Crippen LogP contribution is -2.39. The van der Waals surface area contributed by atoms with Crippen molar-refractivity contribution in [1.82, 2.24) is 4.90 Å². The lowest BCUT2D eigenvalue weighted by Gasteiger charge is -2.35. The molecule has 17 heavy (non-hydrogen) atoms. The van der Waals surface area contributed by atoms with Crippen molar-refractivity contribution in [2.75, 3.05) is 13.1 Å². The molecule has 3 heteroatoms. The highest BCUT2D eigenvalue weighted by Gasteiger charge is 2.23. The highest BCUT2D eigenvalue weighted by Crippen LogP contribution is 2.30. The van der Waals surface area contributed by atoms with Crippen LogP contribution < -0.4 is 0 Å². The first kappa shape index (κ1) is 12.8. The van der Waals surface area contributed by atoms with Crippen LogP contribution in [0.5, 0.6) is 0 Å². The van der Waals surface area contributed by atoms with Gasteiger partial charge in [0.25, 0.3) is 0 Å². The summed E-state index contributed by atoms with van der Waals surface area (Å²) in [6.07, 6.45) is 2.38. The molecule has 0 N–H and O–H groups in total. The Morgan fingerprint density at radius 3 is 2.82 bits per heavy atom. The maximum Gasteiger partial charge on any atom is 0.141 e. The first-order valence-electron chi connectivity index (χ1n) is 6.27. The third kappa shape index (κ3) is 2.99. The Hall–Kier alpha value is -0.600. The first-order valence-corrected chi connectivity index (χ1v) is 6.64. The number of likely N-dealkylation sites (tertiary alicyclic amines) is 1. The Morgan fingerprint density at radius 2 is 2.18 bits per heavy atom. The van der Waals surface area contributed by atoms with Crippen molar-refractivity contribution < 1.29 is 4.39 Å². The number of rotatable bonds is 2. The summed E-state index contributed by atoms with van der Waals surface area (Å²) in [7, 11) is 0. The summed E-state index contributed by atoms with van der Waals surface area (Å²) in [5.41, 5.74) is 1.17. The minimum atomic E-state index is -0.327. The minimum absolute atomic E-state index is 0.240. The Bertz CT molecular complexity index is 392. The van der Waals surface area contributed by atoms with Gasteiger partial charge < -0.3 is 4.90 Å². The van der Waals surface area contributed by atoms with Gasteiger partial charge in [0.05, 0.1) is 5.02 Å². The summed E-state index contributed by atoms with van der Waals surface area (Å²) >= 11 is 5.84. The van der Waals surface area contributed by atoms with Gasteiger partial charge in [-0.25, -0.2) is 4.39 Å². The predicted octanol–water partition coefficient (Wildman–Crippen LogP) is 4.07. The van der Waals surface area contributed by atoms with E-state index in [4.69, 9.17) is 11.6 Å². The monoisotopic (exact) mass is 255 g/mol. The van der Waals surface area contributed by atoms with Crippen LogP contribution in [-0.2, 0) is 0 Å². The molecule has 1 fully saturated rings. The summed E-state index contributed by atoms with van der Waals surface area (Å²) in [6, 6.07) is 5.71. The molecule has 2 rings (SSSR count). The lowest BCUT2D eigenvalue weighted by molar-refractivity contribution is 0.167. The number of hydrogen-bond acceptors (Lipinski definition) is 1. The molecule has 0 aliphatic carbocycles. The molecular weight excluding hydrogens is 237 g/mol. The molecule has 0 radical (unpaired) electrons. The second-order valence-corrected chi connectivity index (χ2v) is 5.51. The van der Waals surface area contributed by atoms with Crippen molar-refractivity contribution in [2.45, 2.75) is 38.6 Å². The summed E-state index contributed by atoms with van der Waals surface area (Å²) in [5, 5.41) is 0.240. The van der Waals surface area contributed by atoms with E-state index in [0.717, 1.165) is 6.54 Å². The summed E-state index contributed by atoms with van der Waals surface area (Å²) in [6.45, 7) is 6.67. The fourth-order valence-corrected chi connectivity index (χ4v) is 2.70. The standard InChI is InChI=1S/C14H19ClFN/c1-10(2)17-7-3-4-12(9-17)11-5-6-14(16)13(15)8-11/h5-6,8,10,12H,3-4,7,9H2,1-2H3/t12-/m0/s1. The maximum atomic E-state index is 13.1. The Balaban J connectivity index is 2.13. The van der Waals surface area contributed by atoms with Gasteiger partial charge in [0, 0.05) is 12.6 Å². The number of halogens is 2. The molecule has 0 aromatic heterocycles. The Kier molecular flexibility index (Phi) is 4.05. The van der Waals surface area contributed by atoms with Gasteiger partial charge in [-0.1, -0.05) is 17.7 Å². The van der Waals surface area contributed by atoms with Crippen LogP contribution in [0.3, 0.4) is 0 Å². The van der Waals surface area contributed by atoms with E-state index in [1.807, 2.05) is 6.07 Å². The van der Waals surface area contributed by atoms with E-state index < -0.39 is 0 Å². The van der Waals surface area contributed by atoms with Crippen LogP contribution in [0.25, 0.3) is 0 Å². The quantitative estimate of drug-likeness (QED) is 0.770. The number of hydrogen-bond donors (Lipinski definition) is 0. The third-order valence-corrected chi connectivity index (χ3v) is 3.89. The van der Waals surface area contributed by atoms with Crippen LogP contribution in [0, 0.1) is 5.82 Å². The van der Waals surface area contributed by atoms with E-state index in [-0.39, 0.29) is 10.8 Å². The second-order valence-electron chi connectivity index (χ2n) is 5.10. The molecule has 0 bridgehead atoms. The van der Waals surface area contributed by atoms with E-state index >= 15 is 0 Å². The molecule has 0 amide bonds. The lowest BCUT2D eigenvalue weighted by atomic mass is 9.90. The number of benzene rings is 1. The summed E-state index contributed by atoms with van der Waals surface area (Å²) in [4.78, 5) is 2.48. The van der Waals surface area contributed by atoms with Gasteiger partial charge in [-0.2, -0.15) is 0 Å². The van der Waals surface area contributed by atoms with Crippen LogP contribution >= 0.6 is 11.6 Å². The molecule has 1 atom stereocenters. The zero-order chi connectivity index (χ0) is 12.4. The molecule has 94 valence electrons. The maximum absolute atomic E-state index is 13.1. The normalized spacial score (nSPS) is 22.1. The molecule has 1 nitrogen and oxygen atoms in total. The van der Waals surface area contributed by atoms with Gasteiger partial charge in [0.1, 0.15) is 5.82 Å². The molecule has 1 aromatic carbocycles. The summed E-state index contributed by atoms with van der Waals surface area (Å²) < 4.78 is 13.1. The van der Waals surface area contributed by atoms with Gasteiger partial charge >= 0.3 is 0 Å². The van der Waals surface area contributed by atoms with Crippen molar-refractivity contribution in [3.8, 4) is 0 Å². The van der Waals surface area contributed by atoms with E-state index in [0.29, 0.717) is 12.0 Å². The Labute approximate surface area is 108 Å². The average molecular weight is 256 g/mol. The van der Waals surface area contributed by atoms with Gasteiger partial charge in [0.2, 0.25) is 0 Å². The van der Waals surface area contributed by atoms with E-state index in [1.54, 1.807) is 6.07 Å². The molecule has 1 aromatic rings. The topological polar surface area (TPSA) is 3.24 Å². The molecule has 1 heterocycles. The summed E-state index contributed by atoms with van der Waals surface area (Å²) in [5.74, 6) is 0.163. The molecule has 1 aliphatic rings. The van der Waals surface area contributed by atoms with Crippen molar-refractivity contribution >= 4 is 11.6 Å². The molecular formula is C14H19ClFN. The van der Waals surface area contributed by atoms with Gasteiger partial charge in [-0.05, 0) is 56.8 Å². The highest BCUT2D eigenvalue weighted by molar-refractivity contribution is 6.30. The van der Waals surface area contributed by atoms with Gasteiger partial charge in [-0.15, -0.1) is 0 Å². The third-order valence-electron chi connectivity index (χ3n) is 3.60. The van der Waals surface area contributed by atoms with Gasteiger partial charge in [-0.3, -0.25) is 0 Å². The fourth-order valence-electron chi connectivity index (χ4n) is 2.51. The van der Waals surface area contributed by atoms with Crippen LogP contribution in [0.1, 0.15) is 38.2 Å². The van der Waals surface area contributed by atoms with Gasteiger partial charge in [0.15, 0.2) is 0 Å². The Morgan fingerprint density at radius 1 is 1.41 bits per heavy atom. The van der Waals surface area contributed by atoms with E-state index in [9.17, 15) is 4.39 Å². The smallest absolute Gasteiger partial charge is 0.141 e. The van der Waals surface area contributed by atoms with Crippen LogP contribution in [-0.4, -0.2) is 24.0 Å². The first-order chi connectivity index (χ1) is 8.08. The fraction of sp³-hybridized carbons (Fsp3) is 0.571. The van der Waals surface area contributed by atoms with Crippen LogP contribution in [0.4, 0.5) is 4.39 Å². The largest absolute Gasteiger partial charge is 0.300 e. The number of piperidine rings is 1. The zero-order valence-corrected chi connectivity index (χ0v) is 11.2. The molecule has 0 saturated carbocycles. The molecule has 0 unspecified atom stereocenters. The van der Waals surface area contributed by atoms with E-state index in [2.05, 4.69) is 18.7 Å². The van der Waals surface area contributed by atoms with Crippen molar-refractivity contribution in [3.63, 3.8) is 0 Å². The highest BCUT2D eigenvalue weighted by atomic mass is 35.5. The van der Waals surface area contributed by atoms with Crippen molar-refractivity contribution in [2.24, 2.45) is 0 Å². The number of nitrogens with zero attached hydrogens (tertiary/aromatic N) is 1. The van der Waals surface area contributed by atoms with Crippen molar-refractivity contribution in [1.29, 1.82) is 0 Å². The molecule has 1 saturated heterocycles. The van der Waals surface area contributed by atoms with E-state index in [1.165, 1.54) is 31.0 Å². The van der Waals surface area contributed by atoms with Crippen LogP contribution in [0.2, 0.25) is 5.02 Å². The zero-order valence-electron chi connectivity index (χ0n) is 10.4. The SMILES string of the molecule is CC(C)N1CCC[C@H](c2ccc(F)c(Cl)c2)C1. The predicted molar refractivity (Wildman–Crippen MR) is 70.1 cm³/mol. The average Bonchev–Trinajstić information content (AvgIpc) is 2.33. The molecule has 1 aliphatic heterocycles. The molecule has 0 spiro atoms. The second kappa shape index (κ2) is 5.36.